The second-order valence-electron chi connectivity index (χ2n) is 5.53. The molecule has 4 heteroatoms. The molecule has 0 saturated carbocycles. The first-order chi connectivity index (χ1) is 8.20. The fourth-order valence-electron chi connectivity index (χ4n) is 2.79. The van der Waals surface area contributed by atoms with E-state index in [1.165, 1.54) is 6.42 Å². The van der Waals surface area contributed by atoms with Crippen molar-refractivity contribution in [3.05, 3.63) is 0 Å². The maximum atomic E-state index is 12.3. The normalized spacial score (nSPS) is 27.3. The van der Waals surface area contributed by atoms with Gasteiger partial charge >= 0.3 is 6.03 Å². The molecule has 0 aromatic carbocycles. The Morgan fingerprint density at radius 3 is 2.47 bits per heavy atom. The Kier molecular flexibility index (Phi) is 4.26. The van der Waals surface area contributed by atoms with Crippen LogP contribution in [-0.4, -0.2) is 55.1 Å². The highest BCUT2D eigenvalue weighted by atomic mass is 16.2. The fourth-order valence-corrected chi connectivity index (χ4v) is 2.79. The number of carbonyl (C=O) groups is 1. The lowest BCUT2D eigenvalue weighted by Crippen LogP contribution is -2.52. The van der Waals surface area contributed by atoms with Crippen LogP contribution in [0.5, 0.6) is 0 Å². The van der Waals surface area contributed by atoms with Crippen molar-refractivity contribution >= 4 is 6.03 Å². The highest BCUT2D eigenvalue weighted by molar-refractivity contribution is 5.74. The number of likely N-dealkylation sites (N-methyl/N-ethyl adjacent to an activating group) is 1. The number of piperidine rings is 2. The Hall–Kier alpha value is -0.770. The van der Waals surface area contributed by atoms with Crippen molar-refractivity contribution in [3.63, 3.8) is 0 Å². The maximum absolute atomic E-state index is 12.3. The monoisotopic (exact) mass is 239 g/mol. The summed E-state index contributed by atoms with van der Waals surface area (Å²) in [6, 6.07) is 0.744. The van der Waals surface area contributed by atoms with E-state index in [0.717, 1.165) is 51.4 Å². The van der Waals surface area contributed by atoms with E-state index in [4.69, 9.17) is 0 Å². The number of hydrogen-bond donors (Lipinski definition) is 1. The lowest BCUT2D eigenvalue weighted by molar-refractivity contribution is 0.120. The molecule has 2 aliphatic heterocycles. The van der Waals surface area contributed by atoms with E-state index < -0.39 is 0 Å². The molecular formula is C13H25N3O. The smallest absolute Gasteiger partial charge is 0.320 e. The zero-order valence-corrected chi connectivity index (χ0v) is 11.1. The highest BCUT2D eigenvalue weighted by Gasteiger charge is 2.28. The van der Waals surface area contributed by atoms with Gasteiger partial charge in [0.15, 0.2) is 0 Å². The zero-order valence-electron chi connectivity index (χ0n) is 11.1. The van der Waals surface area contributed by atoms with Crippen molar-refractivity contribution in [2.75, 3.05) is 33.2 Å². The van der Waals surface area contributed by atoms with Crippen LogP contribution in [0.3, 0.4) is 0 Å². The Balaban J connectivity index is 1.86. The average molecular weight is 239 g/mol. The zero-order chi connectivity index (χ0) is 12.3. The number of amides is 2. The summed E-state index contributed by atoms with van der Waals surface area (Å²) in [5.74, 6) is 0.783. The molecule has 2 saturated heterocycles. The van der Waals surface area contributed by atoms with Crippen molar-refractivity contribution < 1.29 is 4.79 Å². The first-order valence-electron chi connectivity index (χ1n) is 6.92. The maximum Gasteiger partial charge on any atom is 0.320 e. The Bertz CT molecular complexity index is 261. The van der Waals surface area contributed by atoms with Gasteiger partial charge in [0, 0.05) is 32.2 Å². The van der Waals surface area contributed by atoms with E-state index in [1.807, 2.05) is 16.8 Å². The Morgan fingerprint density at radius 2 is 1.82 bits per heavy atom. The predicted octanol–water partition coefficient (Wildman–Crippen LogP) is 1.52. The van der Waals surface area contributed by atoms with Gasteiger partial charge < -0.3 is 15.1 Å². The minimum absolute atomic E-state index is 0.261. The number of nitrogens with one attached hydrogen (secondary N) is 1. The van der Waals surface area contributed by atoms with E-state index in [0.29, 0.717) is 6.04 Å². The van der Waals surface area contributed by atoms with Gasteiger partial charge in [0.2, 0.25) is 0 Å². The third-order valence-corrected chi connectivity index (χ3v) is 4.15. The average Bonchev–Trinajstić information content (AvgIpc) is 2.39. The summed E-state index contributed by atoms with van der Waals surface area (Å²) in [7, 11) is 1.99. The Labute approximate surface area is 104 Å². The first-order valence-corrected chi connectivity index (χ1v) is 6.92. The number of carbonyl (C=O) groups excluding carboxylic acids is 1. The highest BCUT2D eigenvalue weighted by Crippen LogP contribution is 2.19. The second kappa shape index (κ2) is 5.71. The van der Waals surface area contributed by atoms with Crippen molar-refractivity contribution in [1.29, 1.82) is 0 Å². The van der Waals surface area contributed by atoms with Crippen LogP contribution in [0.2, 0.25) is 0 Å². The van der Waals surface area contributed by atoms with Gasteiger partial charge in [-0.3, -0.25) is 0 Å². The number of hydrogen-bond acceptors (Lipinski definition) is 2. The molecule has 0 aliphatic carbocycles. The summed E-state index contributed by atoms with van der Waals surface area (Å²) in [6.45, 7) is 5.98. The van der Waals surface area contributed by atoms with Crippen LogP contribution >= 0.6 is 0 Å². The van der Waals surface area contributed by atoms with Gasteiger partial charge in [-0.05, 0) is 38.6 Å². The van der Waals surface area contributed by atoms with Gasteiger partial charge in [-0.25, -0.2) is 4.79 Å². The molecule has 2 aliphatic rings. The van der Waals surface area contributed by atoms with Gasteiger partial charge in [-0.1, -0.05) is 6.92 Å². The third-order valence-electron chi connectivity index (χ3n) is 4.15. The SMILES string of the molecule is CNC1CCCN(C(=O)N2CCC(C)CC2)C1. The van der Waals surface area contributed by atoms with Gasteiger partial charge in [0.05, 0.1) is 0 Å². The molecular weight excluding hydrogens is 214 g/mol. The number of urea groups is 1. The molecule has 0 radical (unpaired) electrons. The molecule has 4 nitrogen and oxygen atoms in total. The molecule has 0 aromatic rings. The van der Waals surface area contributed by atoms with Crippen molar-refractivity contribution in [1.82, 2.24) is 15.1 Å². The van der Waals surface area contributed by atoms with Crippen LogP contribution in [0.15, 0.2) is 0 Å². The van der Waals surface area contributed by atoms with E-state index in [2.05, 4.69) is 12.2 Å². The predicted molar refractivity (Wildman–Crippen MR) is 69.0 cm³/mol. The summed E-state index contributed by atoms with van der Waals surface area (Å²) in [6.07, 6.45) is 4.64. The Morgan fingerprint density at radius 1 is 1.12 bits per heavy atom. The molecule has 98 valence electrons. The standard InChI is InChI=1S/C13H25N3O/c1-11-5-8-15(9-6-11)13(17)16-7-3-4-12(10-16)14-2/h11-12,14H,3-10H2,1-2H3. The molecule has 1 atom stereocenters. The summed E-state index contributed by atoms with van der Waals surface area (Å²) >= 11 is 0. The fraction of sp³-hybridized carbons (Fsp3) is 0.923. The first kappa shape index (κ1) is 12.7. The minimum Gasteiger partial charge on any atom is -0.325 e. The van der Waals surface area contributed by atoms with Crippen molar-refractivity contribution in [2.45, 2.75) is 38.6 Å². The van der Waals surface area contributed by atoms with E-state index in [-0.39, 0.29) is 6.03 Å². The number of rotatable bonds is 1. The summed E-state index contributed by atoms with van der Waals surface area (Å²) in [4.78, 5) is 16.4. The van der Waals surface area contributed by atoms with Crippen LogP contribution < -0.4 is 5.32 Å². The van der Waals surface area contributed by atoms with E-state index >= 15 is 0 Å². The summed E-state index contributed by atoms with van der Waals surface area (Å²) in [5.41, 5.74) is 0. The number of nitrogens with zero attached hydrogens (tertiary/aromatic N) is 2. The molecule has 2 rings (SSSR count). The van der Waals surface area contributed by atoms with Crippen LogP contribution in [-0.2, 0) is 0 Å². The second-order valence-corrected chi connectivity index (χ2v) is 5.53. The lowest BCUT2D eigenvalue weighted by Gasteiger charge is -2.38. The molecule has 0 bridgehead atoms. The third kappa shape index (κ3) is 3.12. The molecule has 1 unspecified atom stereocenters. The molecule has 1 N–H and O–H groups in total. The molecule has 0 spiro atoms. The van der Waals surface area contributed by atoms with Gasteiger partial charge in [0.1, 0.15) is 0 Å². The van der Waals surface area contributed by atoms with Gasteiger partial charge in [-0.2, -0.15) is 0 Å². The van der Waals surface area contributed by atoms with E-state index in [1.54, 1.807) is 0 Å². The molecule has 2 amide bonds. The number of likely N-dealkylation sites (tertiary alicyclic amines) is 2. The molecule has 2 heterocycles. The van der Waals surface area contributed by atoms with Crippen molar-refractivity contribution in [3.8, 4) is 0 Å². The largest absolute Gasteiger partial charge is 0.325 e. The molecule has 17 heavy (non-hydrogen) atoms. The quantitative estimate of drug-likeness (QED) is 0.753. The van der Waals surface area contributed by atoms with Crippen LogP contribution in [0.25, 0.3) is 0 Å². The van der Waals surface area contributed by atoms with Crippen LogP contribution in [0, 0.1) is 5.92 Å². The summed E-state index contributed by atoms with van der Waals surface area (Å²) < 4.78 is 0. The van der Waals surface area contributed by atoms with Gasteiger partial charge in [0.25, 0.3) is 0 Å². The topological polar surface area (TPSA) is 35.6 Å². The molecule has 0 aromatic heterocycles. The molecule has 2 fully saturated rings. The lowest BCUT2D eigenvalue weighted by atomic mass is 9.99. The minimum atomic E-state index is 0.261. The van der Waals surface area contributed by atoms with Crippen molar-refractivity contribution in [2.24, 2.45) is 5.92 Å². The summed E-state index contributed by atoms with van der Waals surface area (Å²) in [5, 5.41) is 3.29. The van der Waals surface area contributed by atoms with Crippen LogP contribution in [0.1, 0.15) is 32.6 Å². The van der Waals surface area contributed by atoms with E-state index in [9.17, 15) is 4.79 Å². The van der Waals surface area contributed by atoms with Gasteiger partial charge in [-0.15, -0.1) is 0 Å². The van der Waals surface area contributed by atoms with Crippen LogP contribution in [0.4, 0.5) is 4.79 Å².